The molecule has 0 saturated carbocycles. The number of rotatable bonds is 5. The van der Waals surface area contributed by atoms with E-state index >= 15 is 0 Å². The minimum absolute atomic E-state index is 0.0854. The van der Waals surface area contributed by atoms with Crippen molar-refractivity contribution in [1.82, 2.24) is 10.0 Å². The summed E-state index contributed by atoms with van der Waals surface area (Å²) in [6.07, 6.45) is 2.91. The second-order valence-corrected chi connectivity index (χ2v) is 9.68. The number of halogens is 1. The molecule has 9 heteroatoms. The molecule has 0 unspecified atom stereocenters. The Morgan fingerprint density at radius 3 is 2.28 bits per heavy atom. The lowest BCUT2D eigenvalue weighted by Gasteiger charge is -2.20. The van der Waals surface area contributed by atoms with Crippen molar-refractivity contribution in [1.29, 1.82) is 0 Å². The maximum Gasteiger partial charge on any atom is 0.250 e. The van der Waals surface area contributed by atoms with E-state index in [1.807, 2.05) is 6.07 Å². The second-order valence-electron chi connectivity index (χ2n) is 7.18. The number of carbonyl (C=O) groups is 1. The van der Waals surface area contributed by atoms with Gasteiger partial charge in [0, 0.05) is 22.3 Å². The van der Waals surface area contributed by atoms with Crippen molar-refractivity contribution in [2.24, 2.45) is 0 Å². The Morgan fingerprint density at radius 1 is 1.07 bits per heavy atom. The molecule has 0 aromatic heterocycles. The van der Waals surface area contributed by atoms with Crippen LogP contribution in [0.5, 0.6) is 0 Å². The third kappa shape index (κ3) is 7.58. The average Bonchev–Trinajstić information content (AvgIpc) is 2.59. The van der Waals surface area contributed by atoms with Crippen LogP contribution in [0.2, 0.25) is 5.02 Å². The van der Waals surface area contributed by atoms with E-state index < -0.39 is 21.5 Å². The van der Waals surface area contributed by atoms with E-state index in [1.54, 1.807) is 57.2 Å². The summed E-state index contributed by atoms with van der Waals surface area (Å²) in [6, 6.07) is 13.2. The first kappa shape index (κ1) is 23.0. The zero-order valence-corrected chi connectivity index (χ0v) is 18.6. The van der Waals surface area contributed by atoms with E-state index in [-0.39, 0.29) is 10.0 Å². The van der Waals surface area contributed by atoms with Crippen LogP contribution in [0.3, 0.4) is 0 Å². The maximum absolute atomic E-state index is 12.3. The molecule has 2 rings (SSSR count). The van der Waals surface area contributed by atoms with Gasteiger partial charge in [0.1, 0.15) is 0 Å². The van der Waals surface area contributed by atoms with Gasteiger partial charge < -0.3 is 5.32 Å². The molecule has 3 N–H and O–H groups in total. The lowest BCUT2D eigenvalue weighted by Crippen LogP contribution is -2.40. The van der Waals surface area contributed by atoms with Crippen LogP contribution in [0.1, 0.15) is 26.3 Å². The molecule has 29 heavy (non-hydrogen) atoms. The minimum Gasteiger partial charge on any atom is -0.332 e. The second kappa shape index (κ2) is 9.49. The molecule has 2 aromatic carbocycles. The largest absolute Gasteiger partial charge is 0.332 e. The Morgan fingerprint density at radius 2 is 1.69 bits per heavy atom. The molecule has 2 aromatic rings. The molecule has 0 fully saturated rings. The van der Waals surface area contributed by atoms with Gasteiger partial charge >= 0.3 is 0 Å². The van der Waals surface area contributed by atoms with Crippen LogP contribution < -0.4 is 15.4 Å². The van der Waals surface area contributed by atoms with Crippen LogP contribution in [0.25, 0.3) is 6.08 Å². The van der Waals surface area contributed by atoms with Gasteiger partial charge in [-0.15, -0.1) is 0 Å². The summed E-state index contributed by atoms with van der Waals surface area (Å²) in [5.74, 6) is -0.420. The standard InChI is InChI=1S/C20H22ClN3O3S2/c1-20(2,3)24-29(26,27)16-11-9-15(10-12-16)22-19(28)23-18(25)13-8-14-6-4-5-7-17(14)21/h4-13,24H,1-3H3,(H2,22,23,25,28). The van der Waals surface area contributed by atoms with Crippen molar-refractivity contribution in [3.8, 4) is 0 Å². The summed E-state index contributed by atoms with van der Waals surface area (Å²) >= 11 is 11.1. The third-order valence-corrected chi connectivity index (χ3v) is 5.74. The van der Waals surface area contributed by atoms with Gasteiger partial charge in [-0.2, -0.15) is 0 Å². The van der Waals surface area contributed by atoms with Gasteiger partial charge in [0.25, 0.3) is 0 Å². The minimum atomic E-state index is -3.62. The number of benzene rings is 2. The van der Waals surface area contributed by atoms with Crippen LogP contribution in [0.15, 0.2) is 59.5 Å². The van der Waals surface area contributed by atoms with Crippen molar-refractivity contribution < 1.29 is 13.2 Å². The summed E-state index contributed by atoms with van der Waals surface area (Å²) in [7, 11) is -3.62. The van der Waals surface area contributed by atoms with Crippen LogP contribution >= 0.6 is 23.8 Å². The molecule has 0 saturated heterocycles. The Hall–Kier alpha value is -2.26. The monoisotopic (exact) mass is 451 g/mol. The number of sulfonamides is 1. The molecule has 0 heterocycles. The summed E-state index contributed by atoms with van der Waals surface area (Å²) < 4.78 is 27.2. The van der Waals surface area contributed by atoms with E-state index in [0.29, 0.717) is 16.3 Å². The molecule has 0 aliphatic heterocycles. The molecular formula is C20H22ClN3O3S2. The Bertz CT molecular complexity index is 1030. The summed E-state index contributed by atoms with van der Waals surface area (Å²) in [6.45, 7) is 5.30. The number of anilines is 1. The molecule has 154 valence electrons. The Balaban J connectivity index is 1.95. The summed E-state index contributed by atoms with van der Waals surface area (Å²) in [5, 5.41) is 5.97. The number of nitrogens with one attached hydrogen (secondary N) is 3. The predicted molar refractivity (Wildman–Crippen MR) is 121 cm³/mol. The molecule has 1 amide bonds. The number of amides is 1. The molecule has 0 spiro atoms. The van der Waals surface area contributed by atoms with Gasteiger partial charge in [0.15, 0.2) is 5.11 Å². The molecule has 6 nitrogen and oxygen atoms in total. The first-order valence-electron chi connectivity index (χ1n) is 8.65. The number of hydrogen-bond acceptors (Lipinski definition) is 4. The predicted octanol–water partition coefficient (Wildman–Crippen LogP) is 3.94. The van der Waals surface area contributed by atoms with Crippen LogP contribution in [-0.2, 0) is 14.8 Å². The first-order chi connectivity index (χ1) is 13.5. The highest BCUT2D eigenvalue weighted by Gasteiger charge is 2.21. The van der Waals surface area contributed by atoms with Gasteiger partial charge in [-0.25, -0.2) is 13.1 Å². The first-order valence-corrected chi connectivity index (χ1v) is 10.9. The van der Waals surface area contributed by atoms with Crippen molar-refractivity contribution in [2.75, 3.05) is 5.32 Å². The number of carbonyl (C=O) groups excluding carboxylic acids is 1. The fourth-order valence-corrected chi connectivity index (χ4v) is 4.11. The van der Waals surface area contributed by atoms with Crippen molar-refractivity contribution in [3.05, 3.63) is 65.2 Å². The molecule has 0 atom stereocenters. The van der Waals surface area contributed by atoms with Crippen LogP contribution in [0.4, 0.5) is 5.69 Å². The summed E-state index contributed by atoms with van der Waals surface area (Å²) in [5.41, 5.74) is 0.669. The fourth-order valence-electron chi connectivity index (χ4n) is 2.27. The van der Waals surface area contributed by atoms with E-state index in [1.165, 1.54) is 18.2 Å². The van der Waals surface area contributed by atoms with E-state index in [9.17, 15) is 13.2 Å². The molecule has 0 aliphatic rings. The normalized spacial score (nSPS) is 12.0. The number of hydrogen-bond donors (Lipinski definition) is 3. The van der Waals surface area contributed by atoms with E-state index in [2.05, 4.69) is 15.4 Å². The number of thiocarbonyl (C=S) groups is 1. The highest BCUT2D eigenvalue weighted by atomic mass is 35.5. The van der Waals surface area contributed by atoms with Gasteiger partial charge in [-0.05, 0) is 75.0 Å². The van der Waals surface area contributed by atoms with Gasteiger partial charge in [0.05, 0.1) is 4.90 Å². The zero-order valence-electron chi connectivity index (χ0n) is 16.2. The van der Waals surface area contributed by atoms with Crippen molar-refractivity contribution in [2.45, 2.75) is 31.2 Å². The van der Waals surface area contributed by atoms with Gasteiger partial charge in [0.2, 0.25) is 15.9 Å². The molecule has 0 bridgehead atoms. The maximum atomic E-state index is 12.3. The Kier molecular flexibility index (Phi) is 7.54. The fraction of sp³-hybridized carbons (Fsp3) is 0.200. The third-order valence-electron chi connectivity index (χ3n) is 3.42. The van der Waals surface area contributed by atoms with E-state index in [4.69, 9.17) is 23.8 Å². The lowest BCUT2D eigenvalue weighted by atomic mass is 10.1. The smallest absolute Gasteiger partial charge is 0.250 e. The zero-order chi connectivity index (χ0) is 21.7. The highest BCUT2D eigenvalue weighted by molar-refractivity contribution is 7.89. The topological polar surface area (TPSA) is 87.3 Å². The quantitative estimate of drug-likeness (QED) is 0.473. The van der Waals surface area contributed by atoms with Crippen molar-refractivity contribution >= 4 is 56.6 Å². The SMILES string of the molecule is CC(C)(C)NS(=O)(=O)c1ccc(NC(=S)NC(=O)C=Cc2ccccc2Cl)cc1. The molecular weight excluding hydrogens is 430 g/mol. The molecule has 0 aliphatic carbocycles. The van der Waals surface area contributed by atoms with Gasteiger partial charge in [-0.3, -0.25) is 10.1 Å². The average molecular weight is 452 g/mol. The lowest BCUT2D eigenvalue weighted by molar-refractivity contribution is -0.115. The Labute approximate surface area is 181 Å². The molecule has 0 radical (unpaired) electrons. The van der Waals surface area contributed by atoms with Crippen molar-refractivity contribution in [3.63, 3.8) is 0 Å². The van der Waals surface area contributed by atoms with Gasteiger partial charge in [-0.1, -0.05) is 29.8 Å². The van der Waals surface area contributed by atoms with Crippen LogP contribution in [-0.4, -0.2) is 25.0 Å². The van der Waals surface area contributed by atoms with E-state index in [0.717, 1.165) is 0 Å². The van der Waals surface area contributed by atoms with Crippen LogP contribution in [0, 0.1) is 0 Å². The highest BCUT2D eigenvalue weighted by Crippen LogP contribution is 2.17. The summed E-state index contributed by atoms with van der Waals surface area (Å²) in [4.78, 5) is 12.1.